The molecule has 1 atom stereocenters. The van der Waals surface area contributed by atoms with E-state index in [2.05, 4.69) is 4.98 Å². The van der Waals surface area contributed by atoms with Crippen LogP contribution in [-0.4, -0.2) is 47.1 Å². The maximum Gasteiger partial charge on any atom is 0.308 e. The van der Waals surface area contributed by atoms with Crippen LogP contribution in [0.4, 0.5) is 0 Å². The fourth-order valence-corrected chi connectivity index (χ4v) is 2.99. The molecule has 1 amide bonds. The van der Waals surface area contributed by atoms with Gasteiger partial charge in [0.05, 0.1) is 19.4 Å². The highest BCUT2D eigenvalue weighted by molar-refractivity contribution is 5.93. The molecule has 116 valence electrons. The molecule has 0 radical (unpaired) electrons. The number of amides is 1. The number of aromatic amines is 1. The molecule has 1 aromatic heterocycles. The molecule has 2 aromatic rings. The molecule has 1 saturated heterocycles. The first-order valence-corrected chi connectivity index (χ1v) is 7.23. The highest BCUT2D eigenvalue weighted by Gasteiger charge is 2.31. The second-order valence-corrected chi connectivity index (χ2v) is 5.54. The van der Waals surface area contributed by atoms with E-state index in [1.165, 1.54) is 0 Å². The summed E-state index contributed by atoms with van der Waals surface area (Å²) in [4.78, 5) is 28.2. The van der Waals surface area contributed by atoms with E-state index in [0.717, 1.165) is 22.2 Å². The molecule has 0 spiro atoms. The lowest BCUT2D eigenvalue weighted by Gasteiger charge is -2.15. The minimum absolute atomic E-state index is 0.0458. The number of fused-ring (bicyclic) bond motifs is 1. The van der Waals surface area contributed by atoms with Crippen LogP contribution in [0.15, 0.2) is 24.4 Å². The van der Waals surface area contributed by atoms with E-state index in [4.69, 9.17) is 9.84 Å². The second kappa shape index (κ2) is 5.71. The number of H-pyrrole nitrogens is 1. The number of hydrogen-bond donors (Lipinski definition) is 2. The van der Waals surface area contributed by atoms with Gasteiger partial charge in [0.1, 0.15) is 5.75 Å². The summed E-state index contributed by atoms with van der Waals surface area (Å²) in [6.07, 6.45) is 2.58. The predicted octanol–water partition coefficient (Wildman–Crippen LogP) is 1.65. The summed E-state index contributed by atoms with van der Waals surface area (Å²) in [5.41, 5.74) is 1.79. The average molecular weight is 302 g/mol. The molecular formula is C16H18N2O4. The van der Waals surface area contributed by atoms with E-state index < -0.39 is 11.9 Å². The molecule has 1 fully saturated rings. The number of nitrogens with one attached hydrogen (secondary N) is 1. The van der Waals surface area contributed by atoms with Gasteiger partial charge in [-0.1, -0.05) is 6.07 Å². The molecule has 2 N–H and O–H groups in total. The van der Waals surface area contributed by atoms with Crippen molar-refractivity contribution < 1.29 is 19.4 Å². The van der Waals surface area contributed by atoms with Crippen molar-refractivity contribution in [3.05, 3.63) is 30.0 Å². The molecule has 0 saturated carbocycles. The molecule has 1 aliphatic rings. The van der Waals surface area contributed by atoms with Crippen LogP contribution in [-0.2, 0) is 16.0 Å². The number of carbonyl (C=O) groups is 2. The fraction of sp³-hybridized carbons (Fsp3) is 0.375. The van der Waals surface area contributed by atoms with Crippen molar-refractivity contribution in [2.24, 2.45) is 5.92 Å². The first-order valence-electron chi connectivity index (χ1n) is 7.23. The van der Waals surface area contributed by atoms with Gasteiger partial charge in [0, 0.05) is 30.2 Å². The Balaban J connectivity index is 1.79. The topological polar surface area (TPSA) is 82.6 Å². The minimum Gasteiger partial charge on any atom is -0.496 e. The zero-order valence-electron chi connectivity index (χ0n) is 12.3. The van der Waals surface area contributed by atoms with Crippen molar-refractivity contribution in [1.82, 2.24) is 9.88 Å². The third-order valence-electron chi connectivity index (χ3n) is 4.20. The van der Waals surface area contributed by atoms with E-state index in [1.807, 2.05) is 24.4 Å². The lowest BCUT2D eigenvalue weighted by molar-refractivity contribution is -0.141. The largest absolute Gasteiger partial charge is 0.496 e. The molecular weight excluding hydrogens is 284 g/mol. The normalized spacial score (nSPS) is 17.9. The maximum absolute atomic E-state index is 12.4. The molecule has 22 heavy (non-hydrogen) atoms. The van der Waals surface area contributed by atoms with E-state index >= 15 is 0 Å². The third-order valence-corrected chi connectivity index (χ3v) is 4.20. The van der Waals surface area contributed by atoms with Crippen LogP contribution >= 0.6 is 0 Å². The summed E-state index contributed by atoms with van der Waals surface area (Å²) in [5, 5.41) is 9.93. The molecule has 0 bridgehead atoms. The van der Waals surface area contributed by atoms with Crippen molar-refractivity contribution in [1.29, 1.82) is 0 Å². The maximum atomic E-state index is 12.4. The Bertz CT molecular complexity index is 722. The Labute approximate surface area is 127 Å². The molecule has 0 aliphatic carbocycles. The standard InChI is InChI=1S/C16H18N2O4/c1-22-13-4-2-3-12-15(13)11(8-17-12)7-14(19)18-6-5-10(9-18)16(20)21/h2-4,8,10,17H,5-7,9H2,1H3,(H,20,21). The number of hydrogen-bond acceptors (Lipinski definition) is 3. The first-order chi connectivity index (χ1) is 10.6. The number of rotatable bonds is 4. The van der Waals surface area contributed by atoms with Crippen molar-refractivity contribution in [2.45, 2.75) is 12.8 Å². The number of carbonyl (C=O) groups excluding carboxylic acids is 1. The Morgan fingerprint density at radius 2 is 2.27 bits per heavy atom. The van der Waals surface area contributed by atoms with Crippen molar-refractivity contribution in [2.75, 3.05) is 20.2 Å². The molecule has 1 aliphatic heterocycles. The highest BCUT2D eigenvalue weighted by Crippen LogP contribution is 2.29. The number of benzene rings is 1. The molecule has 6 heteroatoms. The van der Waals surface area contributed by atoms with Gasteiger partial charge >= 0.3 is 5.97 Å². The van der Waals surface area contributed by atoms with E-state index in [-0.39, 0.29) is 12.3 Å². The van der Waals surface area contributed by atoms with Crippen LogP contribution in [0.1, 0.15) is 12.0 Å². The second-order valence-electron chi connectivity index (χ2n) is 5.54. The van der Waals surface area contributed by atoms with E-state index in [0.29, 0.717) is 19.5 Å². The monoisotopic (exact) mass is 302 g/mol. The third kappa shape index (κ3) is 2.52. The zero-order chi connectivity index (χ0) is 15.7. The van der Waals surface area contributed by atoms with Gasteiger partial charge in [-0.2, -0.15) is 0 Å². The molecule has 1 unspecified atom stereocenters. The first kappa shape index (κ1) is 14.4. The van der Waals surface area contributed by atoms with E-state index in [1.54, 1.807) is 12.0 Å². The van der Waals surface area contributed by atoms with Gasteiger partial charge in [0.25, 0.3) is 0 Å². The van der Waals surface area contributed by atoms with Crippen LogP contribution in [0.3, 0.4) is 0 Å². The predicted molar refractivity (Wildman–Crippen MR) is 80.9 cm³/mol. The number of likely N-dealkylation sites (tertiary alicyclic amines) is 1. The summed E-state index contributed by atoms with van der Waals surface area (Å²) >= 11 is 0. The van der Waals surface area contributed by atoms with Crippen LogP contribution < -0.4 is 4.74 Å². The molecule has 1 aromatic carbocycles. The number of aromatic nitrogens is 1. The molecule has 6 nitrogen and oxygen atoms in total. The fourth-order valence-electron chi connectivity index (χ4n) is 2.99. The number of carboxylic acids is 1. The Kier molecular flexibility index (Phi) is 3.75. The summed E-state index contributed by atoms with van der Waals surface area (Å²) in [5.74, 6) is -0.590. The van der Waals surface area contributed by atoms with Gasteiger partial charge < -0.3 is 19.7 Å². The van der Waals surface area contributed by atoms with Crippen molar-refractivity contribution in [3.8, 4) is 5.75 Å². The van der Waals surface area contributed by atoms with Gasteiger partial charge in [-0.25, -0.2) is 0 Å². The van der Waals surface area contributed by atoms with Crippen molar-refractivity contribution in [3.63, 3.8) is 0 Å². The van der Waals surface area contributed by atoms with Crippen LogP contribution in [0, 0.1) is 5.92 Å². The number of ether oxygens (including phenoxy) is 1. The quantitative estimate of drug-likeness (QED) is 0.899. The smallest absolute Gasteiger partial charge is 0.308 e. The zero-order valence-corrected chi connectivity index (χ0v) is 12.3. The lowest BCUT2D eigenvalue weighted by Crippen LogP contribution is -2.31. The van der Waals surface area contributed by atoms with E-state index in [9.17, 15) is 9.59 Å². The van der Waals surface area contributed by atoms with Crippen molar-refractivity contribution >= 4 is 22.8 Å². The average Bonchev–Trinajstić information content (AvgIpc) is 3.14. The number of methoxy groups -OCH3 is 1. The Morgan fingerprint density at radius 1 is 1.45 bits per heavy atom. The Morgan fingerprint density at radius 3 is 2.95 bits per heavy atom. The summed E-state index contributed by atoms with van der Waals surface area (Å²) in [6, 6.07) is 5.68. The van der Waals surface area contributed by atoms with Crippen LogP contribution in [0.25, 0.3) is 10.9 Å². The summed E-state index contributed by atoms with van der Waals surface area (Å²) < 4.78 is 5.36. The Hall–Kier alpha value is -2.50. The molecule has 2 heterocycles. The number of nitrogens with zero attached hydrogens (tertiary/aromatic N) is 1. The van der Waals surface area contributed by atoms with Crippen LogP contribution in [0.5, 0.6) is 5.75 Å². The van der Waals surface area contributed by atoms with Gasteiger partial charge in [0.15, 0.2) is 0 Å². The highest BCUT2D eigenvalue weighted by atomic mass is 16.5. The van der Waals surface area contributed by atoms with Gasteiger partial charge in [0.2, 0.25) is 5.91 Å². The molecule has 3 rings (SSSR count). The van der Waals surface area contributed by atoms with Gasteiger partial charge in [-0.3, -0.25) is 9.59 Å². The number of aliphatic carboxylic acids is 1. The lowest BCUT2D eigenvalue weighted by atomic mass is 10.1. The number of carboxylic acid groups (broad SMARTS) is 1. The SMILES string of the molecule is COc1cccc2[nH]cc(CC(=O)N3CCC(C(=O)O)C3)c12. The minimum atomic E-state index is -0.830. The summed E-state index contributed by atoms with van der Waals surface area (Å²) in [6.45, 7) is 0.808. The van der Waals surface area contributed by atoms with Gasteiger partial charge in [-0.05, 0) is 24.1 Å². The summed E-state index contributed by atoms with van der Waals surface area (Å²) in [7, 11) is 1.60. The van der Waals surface area contributed by atoms with Gasteiger partial charge in [-0.15, -0.1) is 0 Å². The van der Waals surface area contributed by atoms with Crippen LogP contribution in [0.2, 0.25) is 0 Å².